The molecule has 0 aromatic carbocycles. The number of hydrogen-bond acceptors (Lipinski definition) is 6. The molecule has 1 amide bonds. The molecule has 0 aliphatic carbocycles. The van der Waals surface area contributed by atoms with Crippen LogP contribution in [-0.4, -0.2) is 73.0 Å². The molecule has 7 heteroatoms. The number of nitrogens with zero attached hydrogens (tertiary/aromatic N) is 5. The van der Waals surface area contributed by atoms with Crippen LogP contribution in [-0.2, 0) is 9.53 Å². The minimum atomic E-state index is -0.214. The first-order valence-electron chi connectivity index (χ1n) is 10.1. The second-order valence-electron chi connectivity index (χ2n) is 7.46. The van der Waals surface area contributed by atoms with Gasteiger partial charge in [0.15, 0.2) is 11.6 Å². The van der Waals surface area contributed by atoms with Crippen molar-refractivity contribution in [3.05, 3.63) is 12.1 Å². The number of aromatic nitrogens is 2. The average Bonchev–Trinajstić information content (AvgIpc) is 3.10. The van der Waals surface area contributed by atoms with Crippen LogP contribution in [0.1, 0.15) is 38.5 Å². The molecular formula is C19H29N5O2. The standard InChI is InChI=1S/C19H29N5O2/c25-19(16-6-5-15-26-16)24-13-11-23(12-14-24)18-8-7-17(20-21-18)22-9-3-1-2-4-10-22/h7-8,16H,1-6,9-15H2. The molecule has 4 rings (SSSR count). The van der Waals surface area contributed by atoms with Gasteiger partial charge in [0.1, 0.15) is 6.10 Å². The first kappa shape index (κ1) is 17.5. The fraction of sp³-hybridized carbons (Fsp3) is 0.737. The van der Waals surface area contributed by atoms with Crippen LogP contribution in [0, 0.1) is 0 Å². The van der Waals surface area contributed by atoms with E-state index >= 15 is 0 Å². The highest BCUT2D eigenvalue weighted by Gasteiger charge is 2.30. The lowest BCUT2D eigenvalue weighted by Crippen LogP contribution is -2.51. The molecule has 3 aliphatic rings. The predicted octanol–water partition coefficient (Wildman–Crippen LogP) is 1.68. The zero-order valence-electron chi connectivity index (χ0n) is 15.5. The van der Waals surface area contributed by atoms with Crippen molar-refractivity contribution >= 4 is 17.5 Å². The molecule has 3 aliphatic heterocycles. The van der Waals surface area contributed by atoms with Crippen molar-refractivity contribution in [3.8, 4) is 0 Å². The molecule has 0 N–H and O–H groups in total. The molecule has 1 atom stereocenters. The van der Waals surface area contributed by atoms with Gasteiger partial charge in [-0.15, -0.1) is 10.2 Å². The zero-order chi connectivity index (χ0) is 17.8. The van der Waals surface area contributed by atoms with Gasteiger partial charge in [0.05, 0.1) is 0 Å². The Balaban J connectivity index is 1.32. The highest BCUT2D eigenvalue weighted by molar-refractivity contribution is 5.81. The molecule has 4 heterocycles. The van der Waals surface area contributed by atoms with Crippen molar-refractivity contribution in [2.75, 3.05) is 55.7 Å². The fourth-order valence-corrected chi connectivity index (χ4v) is 4.09. The van der Waals surface area contributed by atoms with E-state index in [1.165, 1.54) is 25.7 Å². The number of amides is 1. The summed E-state index contributed by atoms with van der Waals surface area (Å²) in [5.41, 5.74) is 0. The Kier molecular flexibility index (Phi) is 5.53. The van der Waals surface area contributed by atoms with Gasteiger partial charge in [-0.1, -0.05) is 12.8 Å². The van der Waals surface area contributed by atoms with E-state index < -0.39 is 0 Å². The number of hydrogen-bond donors (Lipinski definition) is 0. The maximum absolute atomic E-state index is 12.4. The lowest BCUT2D eigenvalue weighted by molar-refractivity contribution is -0.141. The van der Waals surface area contributed by atoms with Gasteiger partial charge >= 0.3 is 0 Å². The minimum Gasteiger partial charge on any atom is -0.368 e. The lowest BCUT2D eigenvalue weighted by atomic mass is 10.2. The number of carbonyl (C=O) groups excluding carboxylic acids is 1. The monoisotopic (exact) mass is 359 g/mol. The summed E-state index contributed by atoms with van der Waals surface area (Å²) in [4.78, 5) is 18.9. The molecule has 0 bridgehead atoms. The van der Waals surface area contributed by atoms with Crippen LogP contribution in [0.25, 0.3) is 0 Å². The van der Waals surface area contributed by atoms with E-state index in [1.54, 1.807) is 0 Å². The largest absolute Gasteiger partial charge is 0.368 e. The molecule has 0 spiro atoms. The van der Waals surface area contributed by atoms with Gasteiger partial charge < -0.3 is 19.4 Å². The minimum absolute atomic E-state index is 0.157. The van der Waals surface area contributed by atoms with Gasteiger partial charge in [-0.2, -0.15) is 0 Å². The Hall–Kier alpha value is -1.89. The molecule has 142 valence electrons. The Morgan fingerprint density at radius 3 is 2.00 bits per heavy atom. The summed E-state index contributed by atoms with van der Waals surface area (Å²) in [5.74, 6) is 2.06. The first-order chi connectivity index (χ1) is 12.8. The molecule has 3 fully saturated rings. The maximum Gasteiger partial charge on any atom is 0.251 e. The molecule has 7 nitrogen and oxygen atoms in total. The lowest BCUT2D eigenvalue weighted by Gasteiger charge is -2.36. The first-order valence-corrected chi connectivity index (χ1v) is 10.1. The molecule has 1 aromatic heterocycles. The summed E-state index contributed by atoms with van der Waals surface area (Å²) in [6.45, 7) is 5.94. The summed E-state index contributed by atoms with van der Waals surface area (Å²) >= 11 is 0. The van der Waals surface area contributed by atoms with Crippen LogP contribution in [0.4, 0.5) is 11.6 Å². The zero-order valence-corrected chi connectivity index (χ0v) is 15.5. The van der Waals surface area contributed by atoms with Gasteiger partial charge in [0.25, 0.3) is 5.91 Å². The third kappa shape index (κ3) is 3.92. The maximum atomic E-state index is 12.4. The number of ether oxygens (including phenoxy) is 1. The Morgan fingerprint density at radius 2 is 1.46 bits per heavy atom. The van der Waals surface area contributed by atoms with Crippen LogP contribution < -0.4 is 9.80 Å². The molecule has 0 saturated carbocycles. The average molecular weight is 359 g/mol. The van der Waals surface area contributed by atoms with Crippen molar-refractivity contribution in [2.45, 2.75) is 44.6 Å². The summed E-state index contributed by atoms with van der Waals surface area (Å²) in [6, 6.07) is 4.17. The van der Waals surface area contributed by atoms with E-state index in [9.17, 15) is 4.79 Å². The topological polar surface area (TPSA) is 61.8 Å². The van der Waals surface area contributed by atoms with Gasteiger partial charge in [0, 0.05) is 45.9 Å². The molecule has 26 heavy (non-hydrogen) atoms. The number of anilines is 2. The number of piperazine rings is 1. The van der Waals surface area contributed by atoms with E-state index in [0.29, 0.717) is 0 Å². The van der Waals surface area contributed by atoms with Gasteiger partial charge in [-0.3, -0.25) is 4.79 Å². The Bertz CT molecular complexity index is 586. The van der Waals surface area contributed by atoms with Gasteiger partial charge in [0.2, 0.25) is 0 Å². The van der Waals surface area contributed by atoms with E-state index in [1.807, 2.05) is 4.90 Å². The van der Waals surface area contributed by atoms with Crippen LogP contribution in [0.15, 0.2) is 12.1 Å². The van der Waals surface area contributed by atoms with E-state index in [-0.39, 0.29) is 12.0 Å². The van der Waals surface area contributed by atoms with E-state index in [2.05, 4.69) is 32.1 Å². The Labute approximate surface area is 155 Å². The van der Waals surface area contributed by atoms with Crippen molar-refractivity contribution in [2.24, 2.45) is 0 Å². The summed E-state index contributed by atoms with van der Waals surface area (Å²) in [7, 11) is 0. The molecule has 1 unspecified atom stereocenters. The highest BCUT2D eigenvalue weighted by Crippen LogP contribution is 2.21. The SMILES string of the molecule is O=C(C1CCCO1)N1CCN(c2ccc(N3CCCCCC3)nn2)CC1. The predicted molar refractivity (Wildman–Crippen MR) is 100 cm³/mol. The second-order valence-corrected chi connectivity index (χ2v) is 7.46. The summed E-state index contributed by atoms with van der Waals surface area (Å²) < 4.78 is 5.53. The molecule has 0 radical (unpaired) electrons. The van der Waals surface area contributed by atoms with Crippen molar-refractivity contribution < 1.29 is 9.53 Å². The quantitative estimate of drug-likeness (QED) is 0.818. The summed E-state index contributed by atoms with van der Waals surface area (Å²) in [5, 5.41) is 8.93. The summed E-state index contributed by atoms with van der Waals surface area (Å²) in [6.07, 6.45) is 6.76. The van der Waals surface area contributed by atoms with Gasteiger partial charge in [-0.05, 0) is 37.8 Å². The van der Waals surface area contributed by atoms with Crippen LogP contribution in [0.5, 0.6) is 0 Å². The molecule has 3 saturated heterocycles. The second kappa shape index (κ2) is 8.20. The molecular weight excluding hydrogens is 330 g/mol. The van der Waals surface area contributed by atoms with Crippen molar-refractivity contribution in [3.63, 3.8) is 0 Å². The molecule has 1 aromatic rings. The van der Waals surface area contributed by atoms with Gasteiger partial charge in [-0.25, -0.2) is 0 Å². The highest BCUT2D eigenvalue weighted by atomic mass is 16.5. The normalized spacial score (nSPS) is 24.6. The third-order valence-electron chi connectivity index (χ3n) is 5.69. The third-order valence-corrected chi connectivity index (χ3v) is 5.69. The van der Waals surface area contributed by atoms with E-state index in [4.69, 9.17) is 4.74 Å². The smallest absolute Gasteiger partial charge is 0.251 e. The fourth-order valence-electron chi connectivity index (χ4n) is 4.09. The number of rotatable bonds is 3. The van der Waals surface area contributed by atoms with Crippen LogP contribution >= 0.6 is 0 Å². The Morgan fingerprint density at radius 1 is 0.846 bits per heavy atom. The van der Waals surface area contributed by atoms with E-state index in [0.717, 1.165) is 70.4 Å². The van der Waals surface area contributed by atoms with Crippen molar-refractivity contribution in [1.29, 1.82) is 0 Å². The van der Waals surface area contributed by atoms with Crippen LogP contribution in [0.3, 0.4) is 0 Å². The van der Waals surface area contributed by atoms with Crippen LogP contribution in [0.2, 0.25) is 0 Å². The van der Waals surface area contributed by atoms with Crippen molar-refractivity contribution in [1.82, 2.24) is 15.1 Å². The number of carbonyl (C=O) groups is 1.